The highest BCUT2D eigenvalue weighted by molar-refractivity contribution is 9.10. The molecule has 1 unspecified atom stereocenters. The average Bonchev–Trinajstić information content (AvgIpc) is 2.11. The Kier molecular flexibility index (Phi) is 6.95. The van der Waals surface area contributed by atoms with Gasteiger partial charge in [0.2, 0.25) is 5.91 Å². The van der Waals surface area contributed by atoms with Gasteiger partial charge < -0.3 is 4.90 Å². The fourth-order valence-corrected chi connectivity index (χ4v) is 1.56. The lowest BCUT2D eigenvalue weighted by atomic mass is 10.3. The number of carbonyl (C=O) groups excluding carboxylic acids is 1. The topological polar surface area (TPSA) is 20.3 Å². The highest BCUT2D eigenvalue weighted by Crippen LogP contribution is 2.08. The molecule has 2 nitrogen and oxygen atoms in total. The van der Waals surface area contributed by atoms with Gasteiger partial charge in [0.1, 0.15) is 0 Å². The zero-order valence-corrected chi connectivity index (χ0v) is 10.2. The third kappa shape index (κ3) is 4.36. The van der Waals surface area contributed by atoms with Gasteiger partial charge in [-0.3, -0.25) is 4.79 Å². The van der Waals surface area contributed by atoms with Gasteiger partial charge in [-0.1, -0.05) is 22.9 Å². The van der Waals surface area contributed by atoms with Crippen LogP contribution in [-0.4, -0.2) is 41.2 Å². The lowest BCUT2D eigenvalue weighted by Crippen LogP contribution is -2.34. The molecule has 0 aromatic rings. The predicted molar refractivity (Wildman–Crippen MR) is 59.0 cm³/mol. The van der Waals surface area contributed by atoms with Crippen molar-refractivity contribution in [3.8, 4) is 0 Å². The number of thioether (sulfide) groups is 1. The minimum atomic E-state index is -0.00986. The number of alkyl halides is 1. The molecule has 0 radical (unpaired) electrons. The molecule has 1 atom stereocenters. The molecule has 0 aliphatic rings. The fourth-order valence-electron chi connectivity index (χ4n) is 0.752. The molecule has 0 rings (SSSR count). The van der Waals surface area contributed by atoms with Gasteiger partial charge in [-0.15, -0.1) is 0 Å². The monoisotopic (exact) mass is 253 g/mol. The van der Waals surface area contributed by atoms with Crippen LogP contribution in [0.4, 0.5) is 0 Å². The van der Waals surface area contributed by atoms with Crippen molar-refractivity contribution in [1.82, 2.24) is 4.90 Å². The molecule has 0 bridgehead atoms. The van der Waals surface area contributed by atoms with Gasteiger partial charge in [0.25, 0.3) is 0 Å². The van der Waals surface area contributed by atoms with Crippen LogP contribution in [0.3, 0.4) is 0 Å². The van der Waals surface area contributed by atoms with Crippen LogP contribution in [0, 0.1) is 0 Å². The number of hydrogen-bond donors (Lipinski definition) is 0. The van der Waals surface area contributed by atoms with Crippen molar-refractivity contribution in [2.45, 2.75) is 18.2 Å². The molecule has 0 N–H and O–H groups in total. The van der Waals surface area contributed by atoms with E-state index in [-0.39, 0.29) is 10.7 Å². The van der Waals surface area contributed by atoms with Crippen LogP contribution in [0.15, 0.2) is 0 Å². The number of carbonyl (C=O) groups is 1. The first-order valence-corrected chi connectivity index (χ1v) is 6.32. The van der Waals surface area contributed by atoms with Crippen molar-refractivity contribution in [3.05, 3.63) is 0 Å². The van der Waals surface area contributed by atoms with E-state index in [2.05, 4.69) is 15.9 Å². The van der Waals surface area contributed by atoms with E-state index in [0.29, 0.717) is 0 Å². The number of hydrogen-bond acceptors (Lipinski definition) is 2. The molecule has 0 aliphatic heterocycles. The molecule has 4 heteroatoms. The first kappa shape index (κ1) is 12.3. The zero-order valence-electron chi connectivity index (χ0n) is 7.84. The van der Waals surface area contributed by atoms with Crippen molar-refractivity contribution in [2.75, 3.05) is 25.6 Å². The Morgan fingerprint density at radius 3 is 2.67 bits per heavy atom. The maximum atomic E-state index is 11.4. The Hall–Kier alpha value is 0.300. The molecule has 72 valence electrons. The van der Waals surface area contributed by atoms with E-state index in [9.17, 15) is 4.79 Å². The Balaban J connectivity index is 3.75. The largest absolute Gasteiger partial charge is 0.344 e. The third-order valence-corrected chi connectivity index (χ3v) is 3.26. The number of nitrogens with zero attached hydrogens (tertiary/aromatic N) is 1. The molecule has 0 aliphatic carbocycles. The first-order chi connectivity index (χ1) is 5.63. The summed E-state index contributed by atoms with van der Waals surface area (Å²) in [5.74, 6) is 1.19. The number of halogens is 1. The summed E-state index contributed by atoms with van der Waals surface area (Å²) in [6, 6.07) is 0. The van der Waals surface area contributed by atoms with Gasteiger partial charge in [0.15, 0.2) is 0 Å². The summed E-state index contributed by atoms with van der Waals surface area (Å²) >= 11 is 5.09. The molecule has 0 fully saturated rings. The second-order valence-corrected chi connectivity index (χ2v) is 4.72. The normalized spacial score (nSPS) is 12.7. The second kappa shape index (κ2) is 6.78. The van der Waals surface area contributed by atoms with Crippen molar-refractivity contribution in [1.29, 1.82) is 0 Å². The van der Waals surface area contributed by atoms with Gasteiger partial charge in [0, 0.05) is 19.3 Å². The first-order valence-electron chi connectivity index (χ1n) is 4.01. The molecule has 0 saturated carbocycles. The van der Waals surface area contributed by atoms with Crippen LogP contribution in [-0.2, 0) is 4.79 Å². The summed E-state index contributed by atoms with van der Waals surface area (Å²) < 4.78 is 0. The minimum Gasteiger partial charge on any atom is -0.344 e. The van der Waals surface area contributed by atoms with Crippen molar-refractivity contribution in [2.24, 2.45) is 0 Å². The van der Waals surface area contributed by atoms with Crippen LogP contribution in [0.2, 0.25) is 0 Å². The van der Waals surface area contributed by atoms with Crippen LogP contribution < -0.4 is 0 Å². The average molecular weight is 254 g/mol. The fraction of sp³-hybridized carbons (Fsp3) is 0.875. The lowest BCUT2D eigenvalue weighted by Gasteiger charge is -2.18. The van der Waals surface area contributed by atoms with Crippen LogP contribution >= 0.6 is 27.7 Å². The molecule has 12 heavy (non-hydrogen) atoms. The molecule has 0 spiro atoms. The van der Waals surface area contributed by atoms with Gasteiger partial charge in [-0.25, -0.2) is 0 Å². The summed E-state index contributed by atoms with van der Waals surface area (Å²) in [6.45, 7) is 2.84. The number of amides is 1. The smallest absolute Gasteiger partial charge is 0.236 e. The van der Waals surface area contributed by atoms with E-state index < -0.39 is 0 Å². The summed E-state index contributed by atoms with van der Waals surface area (Å²) in [7, 11) is 1.85. The molecular formula is C8H16BrNOS. The molecule has 0 aromatic heterocycles. The van der Waals surface area contributed by atoms with E-state index >= 15 is 0 Å². The Morgan fingerprint density at radius 1 is 1.67 bits per heavy atom. The predicted octanol–water partition coefficient (Wildman–Crippen LogP) is 1.98. The van der Waals surface area contributed by atoms with E-state index in [1.807, 2.05) is 20.2 Å². The molecular weight excluding hydrogens is 238 g/mol. The second-order valence-electron chi connectivity index (χ2n) is 2.63. The van der Waals surface area contributed by atoms with Crippen molar-refractivity contribution < 1.29 is 4.79 Å². The van der Waals surface area contributed by atoms with Crippen LogP contribution in [0.1, 0.15) is 13.3 Å². The van der Waals surface area contributed by atoms with Crippen molar-refractivity contribution in [3.63, 3.8) is 0 Å². The Bertz CT molecular complexity index is 143. The third-order valence-electron chi connectivity index (χ3n) is 1.63. The Labute approximate surface area is 87.2 Å². The van der Waals surface area contributed by atoms with Crippen molar-refractivity contribution >= 4 is 33.6 Å². The molecule has 0 heterocycles. The van der Waals surface area contributed by atoms with Gasteiger partial charge in [-0.05, 0) is 12.7 Å². The highest BCUT2D eigenvalue weighted by Gasteiger charge is 2.16. The summed E-state index contributed by atoms with van der Waals surface area (Å²) in [4.78, 5) is 13.2. The van der Waals surface area contributed by atoms with E-state index in [0.717, 1.165) is 18.7 Å². The van der Waals surface area contributed by atoms with Gasteiger partial charge >= 0.3 is 0 Å². The molecule has 1 amide bonds. The van der Waals surface area contributed by atoms with Crippen LogP contribution in [0.5, 0.6) is 0 Å². The SMILES string of the molecule is CCC(Br)C(=O)N(C)CCSC. The standard InChI is InChI=1S/C8H16BrNOS/c1-4-7(9)8(11)10(2)5-6-12-3/h7H,4-6H2,1-3H3. The molecule has 0 aromatic carbocycles. The van der Waals surface area contributed by atoms with Crippen LogP contribution in [0.25, 0.3) is 0 Å². The summed E-state index contributed by atoms with van der Waals surface area (Å²) in [6.07, 6.45) is 2.90. The van der Waals surface area contributed by atoms with E-state index in [1.54, 1.807) is 16.7 Å². The minimum absolute atomic E-state index is 0.00986. The van der Waals surface area contributed by atoms with E-state index in [1.165, 1.54) is 0 Å². The Morgan fingerprint density at radius 2 is 2.25 bits per heavy atom. The summed E-state index contributed by atoms with van der Waals surface area (Å²) in [5.41, 5.74) is 0. The lowest BCUT2D eigenvalue weighted by molar-refractivity contribution is -0.128. The maximum absolute atomic E-state index is 11.4. The summed E-state index contributed by atoms with van der Waals surface area (Å²) in [5, 5.41) is 0. The molecule has 0 saturated heterocycles. The zero-order chi connectivity index (χ0) is 9.56. The van der Waals surface area contributed by atoms with Gasteiger partial charge in [-0.2, -0.15) is 11.8 Å². The maximum Gasteiger partial charge on any atom is 0.236 e. The van der Waals surface area contributed by atoms with E-state index in [4.69, 9.17) is 0 Å². The highest BCUT2D eigenvalue weighted by atomic mass is 79.9. The van der Waals surface area contributed by atoms with Gasteiger partial charge in [0.05, 0.1) is 4.83 Å². The number of rotatable bonds is 5. The quantitative estimate of drug-likeness (QED) is 0.699.